The van der Waals surface area contributed by atoms with E-state index in [1.165, 1.54) is 9.87 Å². The van der Waals surface area contributed by atoms with Gasteiger partial charge in [0.25, 0.3) is 0 Å². The van der Waals surface area contributed by atoms with Crippen LogP contribution in [0, 0.1) is 12.8 Å². The lowest BCUT2D eigenvalue weighted by Gasteiger charge is -2.32. The fraction of sp³-hybridized carbons (Fsp3) is 0.409. The van der Waals surface area contributed by atoms with Crippen LogP contribution in [0.25, 0.3) is 0 Å². The van der Waals surface area contributed by atoms with Gasteiger partial charge in [0.05, 0.1) is 17.7 Å². The van der Waals surface area contributed by atoms with Crippen molar-refractivity contribution in [3.8, 4) is 0 Å². The standard InChI is InChI=1S/C22H27ClN2O3S/c1-16-5-9-19(10-6-16)17(2)24-22(26)20-4-3-13-25(14-20)29(27,28)15-18-7-11-21(23)12-8-18/h5-12,17,20H,3-4,13-15H2,1-2H3,(H,24,26)/t17-,20-/m0/s1. The Balaban J connectivity index is 1.62. The Bertz CT molecular complexity index is 943. The fourth-order valence-electron chi connectivity index (χ4n) is 3.56. The summed E-state index contributed by atoms with van der Waals surface area (Å²) in [5, 5.41) is 3.61. The van der Waals surface area contributed by atoms with E-state index in [2.05, 4.69) is 5.32 Å². The van der Waals surface area contributed by atoms with Crippen molar-refractivity contribution in [1.29, 1.82) is 0 Å². The van der Waals surface area contributed by atoms with E-state index < -0.39 is 10.0 Å². The number of amides is 1. The van der Waals surface area contributed by atoms with Gasteiger partial charge in [0.1, 0.15) is 0 Å². The van der Waals surface area contributed by atoms with Crippen molar-refractivity contribution in [3.63, 3.8) is 0 Å². The van der Waals surface area contributed by atoms with Crippen LogP contribution in [0.1, 0.15) is 42.5 Å². The van der Waals surface area contributed by atoms with E-state index in [4.69, 9.17) is 11.6 Å². The Labute approximate surface area is 178 Å². The molecule has 156 valence electrons. The van der Waals surface area contributed by atoms with Gasteiger partial charge in [-0.3, -0.25) is 4.79 Å². The van der Waals surface area contributed by atoms with Crippen LogP contribution >= 0.6 is 11.6 Å². The second-order valence-corrected chi connectivity index (χ2v) is 10.1. The van der Waals surface area contributed by atoms with Gasteiger partial charge in [-0.15, -0.1) is 0 Å². The summed E-state index contributed by atoms with van der Waals surface area (Å²) >= 11 is 5.87. The second-order valence-electron chi connectivity index (χ2n) is 7.72. The van der Waals surface area contributed by atoms with Gasteiger partial charge in [-0.25, -0.2) is 12.7 Å². The van der Waals surface area contributed by atoms with Gasteiger partial charge < -0.3 is 5.32 Å². The number of piperidine rings is 1. The molecule has 29 heavy (non-hydrogen) atoms. The Morgan fingerprint density at radius 3 is 2.48 bits per heavy atom. The molecular weight excluding hydrogens is 408 g/mol. The number of aryl methyl sites for hydroxylation is 1. The Kier molecular flexibility index (Phi) is 6.98. The van der Waals surface area contributed by atoms with Crippen LogP contribution in [-0.4, -0.2) is 31.7 Å². The lowest BCUT2D eigenvalue weighted by atomic mass is 9.97. The first-order valence-corrected chi connectivity index (χ1v) is 11.8. The molecule has 2 aromatic rings. The first-order chi connectivity index (χ1) is 13.7. The molecule has 0 spiro atoms. The number of nitrogens with zero attached hydrogens (tertiary/aromatic N) is 1. The normalized spacial score (nSPS) is 18.9. The zero-order valence-corrected chi connectivity index (χ0v) is 18.3. The molecular formula is C22H27ClN2O3S. The Hall–Kier alpha value is -1.89. The number of hydrogen-bond acceptors (Lipinski definition) is 3. The summed E-state index contributed by atoms with van der Waals surface area (Å²) in [5.41, 5.74) is 2.89. The number of hydrogen-bond donors (Lipinski definition) is 1. The van der Waals surface area contributed by atoms with Gasteiger partial charge in [0.15, 0.2) is 0 Å². The third-order valence-corrected chi connectivity index (χ3v) is 7.42. The molecule has 2 atom stereocenters. The molecule has 1 saturated heterocycles. The third-order valence-electron chi connectivity index (χ3n) is 5.35. The summed E-state index contributed by atoms with van der Waals surface area (Å²) in [7, 11) is -3.49. The summed E-state index contributed by atoms with van der Waals surface area (Å²) in [6.07, 6.45) is 1.37. The van der Waals surface area contributed by atoms with Crippen LogP contribution in [0.15, 0.2) is 48.5 Å². The van der Waals surface area contributed by atoms with Gasteiger partial charge in [0.2, 0.25) is 15.9 Å². The minimum absolute atomic E-state index is 0.0850. The third kappa shape index (κ3) is 5.81. The molecule has 0 saturated carbocycles. The molecule has 0 aliphatic carbocycles. The lowest BCUT2D eigenvalue weighted by Crippen LogP contribution is -2.46. The summed E-state index contributed by atoms with van der Waals surface area (Å²) in [5.74, 6) is -0.515. The Morgan fingerprint density at radius 1 is 1.17 bits per heavy atom. The number of rotatable bonds is 6. The summed E-state index contributed by atoms with van der Waals surface area (Å²) < 4.78 is 27.1. The average molecular weight is 435 g/mol. The van der Waals surface area contributed by atoms with E-state index in [-0.39, 0.29) is 30.2 Å². The highest BCUT2D eigenvalue weighted by Gasteiger charge is 2.32. The molecule has 1 amide bonds. The minimum Gasteiger partial charge on any atom is -0.349 e. The van der Waals surface area contributed by atoms with Crippen LogP contribution in [0.4, 0.5) is 0 Å². The van der Waals surface area contributed by atoms with E-state index in [1.807, 2.05) is 38.1 Å². The van der Waals surface area contributed by atoms with Crippen molar-refractivity contribution in [2.45, 2.75) is 38.5 Å². The molecule has 3 rings (SSSR count). The molecule has 1 aliphatic heterocycles. The molecule has 0 aromatic heterocycles. The molecule has 1 N–H and O–H groups in total. The van der Waals surface area contributed by atoms with Gasteiger partial charge in [-0.1, -0.05) is 53.6 Å². The van der Waals surface area contributed by atoms with E-state index in [1.54, 1.807) is 24.3 Å². The smallest absolute Gasteiger partial charge is 0.224 e. The van der Waals surface area contributed by atoms with E-state index in [0.717, 1.165) is 5.56 Å². The van der Waals surface area contributed by atoms with Crippen molar-refractivity contribution < 1.29 is 13.2 Å². The Morgan fingerprint density at radius 2 is 1.83 bits per heavy atom. The predicted molar refractivity (Wildman–Crippen MR) is 116 cm³/mol. The first kappa shape index (κ1) is 21.8. The van der Waals surface area contributed by atoms with Crippen molar-refractivity contribution in [3.05, 3.63) is 70.2 Å². The summed E-state index contributed by atoms with van der Waals surface area (Å²) in [6.45, 7) is 4.64. The molecule has 1 fully saturated rings. The van der Waals surface area contributed by atoms with Crippen molar-refractivity contribution in [2.24, 2.45) is 5.92 Å². The first-order valence-electron chi connectivity index (χ1n) is 9.84. The molecule has 1 aliphatic rings. The largest absolute Gasteiger partial charge is 0.349 e. The zero-order valence-electron chi connectivity index (χ0n) is 16.8. The number of benzene rings is 2. The maximum Gasteiger partial charge on any atom is 0.224 e. The highest BCUT2D eigenvalue weighted by molar-refractivity contribution is 7.88. The molecule has 1 heterocycles. The summed E-state index contributed by atoms with van der Waals surface area (Å²) in [4.78, 5) is 12.8. The van der Waals surface area contributed by atoms with Gasteiger partial charge >= 0.3 is 0 Å². The number of halogens is 1. The van der Waals surface area contributed by atoms with E-state index in [0.29, 0.717) is 30.0 Å². The number of nitrogens with one attached hydrogen (secondary N) is 1. The van der Waals surface area contributed by atoms with E-state index in [9.17, 15) is 13.2 Å². The SMILES string of the molecule is Cc1ccc([C@H](C)NC(=O)[C@H]2CCCN(S(=O)(=O)Cc3ccc(Cl)cc3)C2)cc1. The lowest BCUT2D eigenvalue weighted by molar-refractivity contribution is -0.126. The summed E-state index contributed by atoms with van der Waals surface area (Å²) in [6, 6.07) is 14.7. The minimum atomic E-state index is -3.49. The zero-order chi connectivity index (χ0) is 21.0. The number of carbonyl (C=O) groups is 1. The molecule has 0 unspecified atom stereocenters. The number of carbonyl (C=O) groups excluding carboxylic acids is 1. The maximum atomic E-state index is 12.8. The van der Waals surface area contributed by atoms with Crippen LogP contribution in [-0.2, 0) is 20.6 Å². The van der Waals surface area contributed by atoms with Gasteiger partial charge in [-0.2, -0.15) is 0 Å². The predicted octanol–water partition coefficient (Wildman–Crippen LogP) is 4.07. The fourth-order valence-corrected chi connectivity index (χ4v) is 5.30. The molecule has 0 radical (unpaired) electrons. The van der Waals surface area contributed by atoms with Crippen molar-refractivity contribution in [2.75, 3.05) is 13.1 Å². The van der Waals surface area contributed by atoms with Crippen molar-refractivity contribution in [1.82, 2.24) is 9.62 Å². The van der Waals surface area contributed by atoms with Crippen molar-refractivity contribution >= 4 is 27.5 Å². The highest BCUT2D eigenvalue weighted by Crippen LogP contribution is 2.23. The molecule has 0 bridgehead atoms. The molecule has 7 heteroatoms. The van der Waals surface area contributed by atoms with Crippen LogP contribution in [0.3, 0.4) is 0 Å². The second kappa shape index (κ2) is 9.28. The average Bonchev–Trinajstić information content (AvgIpc) is 2.70. The molecule has 5 nitrogen and oxygen atoms in total. The highest BCUT2D eigenvalue weighted by atomic mass is 35.5. The van der Waals surface area contributed by atoms with Crippen LogP contribution in [0.5, 0.6) is 0 Å². The topological polar surface area (TPSA) is 66.5 Å². The van der Waals surface area contributed by atoms with E-state index >= 15 is 0 Å². The quantitative estimate of drug-likeness (QED) is 0.745. The van der Waals surface area contributed by atoms with Gasteiger partial charge in [0, 0.05) is 18.1 Å². The van der Waals surface area contributed by atoms with Crippen LogP contribution < -0.4 is 5.32 Å². The van der Waals surface area contributed by atoms with Gasteiger partial charge in [-0.05, 0) is 49.9 Å². The van der Waals surface area contributed by atoms with Crippen LogP contribution in [0.2, 0.25) is 5.02 Å². The molecule has 2 aromatic carbocycles. The monoisotopic (exact) mass is 434 g/mol. The number of sulfonamides is 1. The maximum absolute atomic E-state index is 12.8.